The maximum Gasteiger partial charge on any atom is 0.224 e. The Labute approximate surface area is 85.9 Å². The topological polar surface area (TPSA) is 49.8 Å². The van der Waals surface area contributed by atoms with E-state index in [9.17, 15) is 4.79 Å². The molecule has 0 fully saturated rings. The minimum absolute atomic E-state index is 0.106. The minimum atomic E-state index is 0.106. The van der Waals surface area contributed by atoms with Gasteiger partial charge in [-0.3, -0.25) is 4.79 Å². The number of amides is 1. The molecule has 0 saturated heterocycles. The van der Waals surface area contributed by atoms with Gasteiger partial charge in [-0.15, -0.1) is 0 Å². The Hall–Kier alpha value is -0.610. The van der Waals surface area contributed by atoms with Crippen LogP contribution in [0.5, 0.6) is 0 Å². The maximum atomic E-state index is 11.5. The first kappa shape index (κ1) is 13.4. The van der Waals surface area contributed by atoms with Gasteiger partial charge in [0.25, 0.3) is 0 Å². The van der Waals surface area contributed by atoms with Gasteiger partial charge in [0.15, 0.2) is 0 Å². The van der Waals surface area contributed by atoms with Crippen LogP contribution in [0.1, 0.15) is 26.7 Å². The molecule has 0 rings (SSSR count). The van der Waals surface area contributed by atoms with Crippen molar-refractivity contribution in [3.8, 4) is 0 Å². The van der Waals surface area contributed by atoms with Crippen molar-refractivity contribution in [1.29, 1.82) is 0 Å². The highest BCUT2D eigenvalue weighted by molar-refractivity contribution is 5.76. The van der Waals surface area contributed by atoms with Gasteiger partial charge < -0.3 is 14.7 Å². The van der Waals surface area contributed by atoms with E-state index in [1.165, 1.54) is 0 Å². The van der Waals surface area contributed by atoms with Crippen molar-refractivity contribution < 1.29 is 14.6 Å². The highest BCUT2D eigenvalue weighted by atomic mass is 16.5. The van der Waals surface area contributed by atoms with Crippen LogP contribution in [-0.2, 0) is 9.53 Å². The van der Waals surface area contributed by atoms with E-state index in [4.69, 9.17) is 9.84 Å². The summed E-state index contributed by atoms with van der Waals surface area (Å²) in [5, 5.41) is 8.64. The Bertz CT molecular complexity index is 150. The quantitative estimate of drug-likeness (QED) is 0.589. The fourth-order valence-electron chi connectivity index (χ4n) is 1.18. The molecule has 84 valence electrons. The van der Waals surface area contributed by atoms with Crippen molar-refractivity contribution in [3.63, 3.8) is 0 Å². The standard InChI is InChI=1S/C10H21NO3/c1-3-11(7-5-8-12)10(13)6-9-14-4-2/h12H,3-9H2,1-2H3. The Morgan fingerprint density at radius 1 is 1.43 bits per heavy atom. The third-order valence-corrected chi connectivity index (χ3v) is 1.98. The Kier molecular flexibility index (Phi) is 8.57. The smallest absolute Gasteiger partial charge is 0.224 e. The van der Waals surface area contributed by atoms with Crippen LogP contribution in [0.4, 0.5) is 0 Å². The van der Waals surface area contributed by atoms with Crippen LogP contribution in [-0.4, -0.2) is 48.8 Å². The molecule has 4 nitrogen and oxygen atoms in total. The van der Waals surface area contributed by atoms with E-state index in [1.54, 1.807) is 4.90 Å². The fraction of sp³-hybridized carbons (Fsp3) is 0.900. The minimum Gasteiger partial charge on any atom is -0.396 e. The summed E-state index contributed by atoms with van der Waals surface area (Å²) in [5.41, 5.74) is 0. The first-order valence-electron chi connectivity index (χ1n) is 5.22. The van der Waals surface area contributed by atoms with Crippen molar-refractivity contribution in [2.45, 2.75) is 26.7 Å². The van der Waals surface area contributed by atoms with Gasteiger partial charge in [0.2, 0.25) is 5.91 Å². The summed E-state index contributed by atoms with van der Waals surface area (Å²) in [6, 6.07) is 0. The summed E-state index contributed by atoms with van der Waals surface area (Å²) in [6.07, 6.45) is 1.08. The van der Waals surface area contributed by atoms with Gasteiger partial charge in [-0.2, -0.15) is 0 Å². The lowest BCUT2D eigenvalue weighted by molar-refractivity contribution is -0.132. The van der Waals surface area contributed by atoms with Gasteiger partial charge in [-0.05, 0) is 20.3 Å². The molecule has 1 amide bonds. The van der Waals surface area contributed by atoms with Gasteiger partial charge in [0.05, 0.1) is 13.0 Å². The molecule has 0 saturated carbocycles. The molecule has 0 spiro atoms. The third-order valence-electron chi connectivity index (χ3n) is 1.98. The largest absolute Gasteiger partial charge is 0.396 e. The van der Waals surface area contributed by atoms with E-state index < -0.39 is 0 Å². The molecule has 0 bridgehead atoms. The molecule has 0 aliphatic heterocycles. The van der Waals surface area contributed by atoms with Crippen molar-refractivity contribution in [1.82, 2.24) is 4.90 Å². The van der Waals surface area contributed by atoms with E-state index in [1.807, 2.05) is 13.8 Å². The fourth-order valence-corrected chi connectivity index (χ4v) is 1.18. The summed E-state index contributed by atoms with van der Waals surface area (Å²) in [7, 11) is 0. The molecule has 0 radical (unpaired) electrons. The maximum absolute atomic E-state index is 11.5. The van der Waals surface area contributed by atoms with Gasteiger partial charge in [0, 0.05) is 26.3 Å². The van der Waals surface area contributed by atoms with E-state index in [-0.39, 0.29) is 12.5 Å². The van der Waals surface area contributed by atoms with E-state index in [2.05, 4.69) is 0 Å². The zero-order valence-corrected chi connectivity index (χ0v) is 9.16. The van der Waals surface area contributed by atoms with Crippen molar-refractivity contribution in [3.05, 3.63) is 0 Å². The monoisotopic (exact) mass is 203 g/mol. The summed E-state index contributed by atoms with van der Waals surface area (Å²) >= 11 is 0. The Balaban J connectivity index is 3.67. The summed E-state index contributed by atoms with van der Waals surface area (Å²) in [4.78, 5) is 13.3. The second kappa shape index (κ2) is 8.97. The van der Waals surface area contributed by atoms with E-state index >= 15 is 0 Å². The first-order chi connectivity index (χ1) is 6.76. The number of carbonyl (C=O) groups excluding carboxylic acids is 1. The molecule has 14 heavy (non-hydrogen) atoms. The number of aliphatic hydroxyl groups is 1. The number of aliphatic hydroxyl groups excluding tert-OH is 1. The summed E-state index contributed by atoms with van der Waals surface area (Å²) < 4.78 is 5.11. The SMILES string of the molecule is CCOCCC(=O)N(CC)CCCO. The lowest BCUT2D eigenvalue weighted by atomic mass is 10.3. The average molecular weight is 203 g/mol. The highest BCUT2D eigenvalue weighted by Gasteiger charge is 2.09. The average Bonchev–Trinajstić information content (AvgIpc) is 2.19. The van der Waals surface area contributed by atoms with E-state index in [0.29, 0.717) is 39.1 Å². The van der Waals surface area contributed by atoms with E-state index in [0.717, 1.165) is 0 Å². The van der Waals surface area contributed by atoms with Gasteiger partial charge in [-0.25, -0.2) is 0 Å². The molecule has 0 aromatic rings. The predicted molar refractivity (Wildman–Crippen MR) is 55.1 cm³/mol. The van der Waals surface area contributed by atoms with Crippen LogP contribution in [0.2, 0.25) is 0 Å². The molecule has 0 aliphatic carbocycles. The van der Waals surface area contributed by atoms with Gasteiger partial charge in [-0.1, -0.05) is 0 Å². The van der Waals surface area contributed by atoms with Crippen LogP contribution < -0.4 is 0 Å². The number of rotatable bonds is 8. The normalized spacial score (nSPS) is 10.2. The molecular formula is C10H21NO3. The molecule has 0 unspecified atom stereocenters. The summed E-state index contributed by atoms with van der Waals surface area (Å²) in [6.45, 7) is 6.46. The number of ether oxygens (including phenoxy) is 1. The molecule has 0 aliphatic rings. The van der Waals surface area contributed by atoms with Crippen molar-refractivity contribution >= 4 is 5.91 Å². The molecule has 0 aromatic carbocycles. The first-order valence-corrected chi connectivity index (χ1v) is 5.22. The van der Waals surface area contributed by atoms with Crippen LogP contribution in [0.15, 0.2) is 0 Å². The number of nitrogens with zero attached hydrogens (tertiary/aromatic N) is 1. The lowest BCUT2D eigenvalue weighted by Crippen LogP contribution is -2.32. The number of hydrogen-bond acceptors (Lipinski definition) is 3. The second-order valence-corrected chi connectivity index (χ2v) is 3.00. The van der Waals surface area contributed by atoms with Crippen molar-refractivity contribution in [2.75, 3.05) is 32.9 Å². The molecular weight excluding hydrogens is 182 g/mol. The molecule has 0 atom stereocenters. The molecule has 4 heteroatoms. The van der Waals surface area contributed by atoms with Crippen LogP contribution in [0.3, 0.4) is 0 Å². The third kappa shape index (κ3) is 5.94. The van der Waals surface area contributed by atoms with Crippen molar-refractivity contribution in [2.24, 2.45) is 0 Å². The second-order valence-electron chi connectivity index (χ2n) is 3.00. The molecule has 0 heterocycles. The van der Waals surface area contributed by atoms with Crippen LogP contribution >= 0.6 is 0 Å². The van der Waals surface area contributed by atoms with Gasteiger partial charge >= 0.3 is 0 Å². The van der Waals surface area contributed by atoms with Gasteiger partial charge in [0.1, 0.15) is 0 Å². The lowest BCUT2D eigenvalue weighted by Gasteiger charge is -2.20. The summed E-state index contributed by atoms with van der Waals surface area (Å²) in [5.74, 6) is 0.106. The molecule has 1 N–H and O–H groups in total. The Morgan fingerprint density at radius 3 is 2.64 bits per heavy atom. The van der Waals surface area contributed by atoms with Crippen LogP contribution in [0, 0.1) is 0 Å². The molecule has 0 aromatic heterocycles. The van der Waals surface area contributed by atoms with Crippen LogP contribution in [0.25, 0.3) is 0 Å². The zero-order valence-electron chi connectivity index (χ0n) is 9.16. The zero-order chi connectivity index (χ0) is 10.8. The Morgan fingerprint density at radius 2 is 2.14 bits per heavy atom. The predicted octanol–water partition coefficient (Wildman–Crippen LogP) is 0.644. The number of carbonyl (C=O) groups is 1. The highest BCUT2D eigenvalue weighted by Crippen LogP contribution is 1.96. The number of hydrogen-bond donors (Lipinski definition) is 1.